The van der Waals surface area contributed by atoms with Gasteiger partial charge in [0.05, 0.1) is 6.20 Å². The second-order valence-corrected chi connectivity index (χ2v) is 4.85. The quantitative estimate of drug-likeness (QED) is 0.844. The zero-order valence-electron chi connectivity index (χ0n) is 10.0. The van der Waals surface area contributed by atoms with E-state index in [0.29, 0.717) is 17.5 Å². The summed E-state index contributed by atoms with van der Waals surface area (Å²) >= 11 is 5.75. The molecule has 2 N–H and O–H groups in total. The van der Waals surface area contributed by atoms with Gasteiger partial charge in [-0.05, 0) is 43.2 Å². The zero-order chi connectivity index (χ0) is 12.3. The third-order valence-electron chi connectivity index (χ3n) is 3.38. The third kappa shape index (κ3) is 3.00. The number of rotatable bonds is 3. The minimum absolute atomic E-state index is 0.179. The molecule has 1 saturated carbocycles. The van der Waals surface area contributed by atoms with Crippen molar-refractivity contribution in [3.63, 3.8) is 0 Å². The Kier molecular flexibility index (Phi) is 4.05. The van der Waals surface area contributed by atoms with E-state index in [0.717, 1.165) is 12.8 Å². The van der Waals surface area contributed by atoms with Gasteiger partial charge in [-0.15, -0.1) is 0 Å². The number of hydrogen-bond donors (Lipinski definition) is 1. The molecule has 2 rings (SSSR count). The molecule has 1 fully saturated rings. The standard InChI is InChI=1S/C12H18ClN3O/c1-2-8-5-3-4-6-10(8)17-11-9(14)7-15-12(13)16-11/h7-8,10H,2-6,14H2,1H3. The lowest BCUT2D eigenvalue weighted by molar-refractivity contribution is 0.0865. The Morgan fingerprint density at radius 3 is 3.00 bits per heavy atom. The van der Waals surface area contributed by atoms with E-state index >= 15 is 0 Å². The van der Waals surface area contributed by atoms with Crippen LogP contribution >= 0.6 is 11.6 Å². The van der Waals surface area contributed by atoms with Crippen LogP contribution in [0.1, 0.15) is 39.0 Å². The van der Waals surface area contributed by atoms with Gasteiger partial charge in [0.1, 0.15) is 11.8 Å². The van der Waals surface area contributed by atoms with Crippen LogP contribution in [0.3, 0.4) is 0 Å². The average molecular weight is 256 g/mol. The number of aromatic nitrogens is 2. The van der Waals surface area contributed by atoms with E-state index in [4.69, 9.17) is 22.1 Å². The van der Waals surface area contributed by atoms with Gasteiger partial charge in [-0.3, -0.25) is 0 Å². The molecular weight excluding hydrogens is 238 g/mol. The summed E-state index contributed by atoms with van der Waals surface area (Å²) in [4.78, 5) is 7.86. The van der Waals surface area contributed by atoms with Crippen molar-refractivity contribution >= 4 is 17.3 Å². The van der Waals surface area contributed by atoms with Crippen molar-refractivity contribution in [3.8, 4) is 5.88 Å². The fraction of sp³-hybridized carbons (Fsp3) is 0.667. The number of nitrogens with zero attached hydrogens (tertiary/aromatic N) is 2. The molecule has 1 heterocycles. The summed E-state index contributed by atoms with van der Waals surface area (Å²) < 4.78 is 5.91. The summed E-state index contributed by atoms with van der Waals surface area (Å²) in [6, 6.07) is 0. The predicted octanol–water partition coefficient (Wildman–Crippen LogP) is 3.06. The van der Waals surface area contributed by atoms with Crippen molar-refractivity contribution in [1.29, 1.82) is 0 Å². The summed E-state index contributed by atoms with van der Waals surface area (Å²) in [5, 5.41) is 0.179. The van der Waals surface area contributed by atoms with Gasteiger partial charge in [0.15, 0.2) is 0 Å². The zero-order valence-corrected chi connectivity index (χ0v) is 10.8. The summed E-state index contributed by atoms with van der Waals surface area (Å²) in [5.41, 5.74) is 6.24. The van der Waals surface area contributed by atoms with Crippen LogP contribution in [0.5, 0.6) is 5.88 Å². The third-order valence-corrected chi connectivity index (χ3v) is 3.56. The molecular formula is C12H18ClN3O. The molecule has 0 amide bonds. The van der Waals surface area contributed by atoms with Gasteiger partial charge in [0, 0.05) is 0 Å². The number of hydrogen-bond acceptors (Lipinski definition) is 4. The molecule has 2 atom stereocenters. The van der Waals surface area contributed by atoms with Crippen molar-refractivity contribution in [2.75, 3.05) is 5.73 Å². The highest BCUT2D eigenvalue weighted by molar-refractivity contribution is 6.28. The van der Waals surface area contributed by atoms with Crippen LogP contribution in [0.4, 0.5) is 5.69 Å². The van der Waals surface area contributed by atoms with Gasteiger partial charge in [0.25, 0.3) is 0 Å². The van der Waals surface area contributed by atoms with Gasteiger partial charge in [-0.2, -0.15) is 4.98 Å². The van der Waals surface area contributed by atoms with Crippen LogP contribution < -0.4 is 10.5 Å². The van der Waals surface area contributed by atoms with Crippen molar-refractivity contribution < 1.29 is 4.74 Å². The molecule has 1 aromatic heterocycles. The van der Waals surface area contributed by atoms with E-state index in [1.165, 1.54) is 25.5 Å². The summed E-state index contributed by atoms with van der Waals surface area (Å²) in [6.07, 6.45) is 7.62. The molecule has 0 aromatic carbocycles. The Hall–Kier alpha value is -1.03. The highest BCUT2D eigenvalue weighted by atomic mass is 35.5. The lowest BCUT2D eigenvalue weighted by atomic mass is 9.85. The number of anilines is 1. The lowest BCUT2D eigenvalue weighted by Gasteiger charge is -2.30. The molecule has 1 aliphatic rings. The van der Waals surface area contributed by atoms with E-state index in [2.05, 4.69) is 16.9 Å². The maximum absolute atomic E-state index is 5.91. The highest BCUT2D eigenvalue weighted by Crippen LogP contribution is 2.31. The fourth-order valence-corrected chi connectivity index (χ4v) is 2.51. The number of ether oxygens (including phenoxy) is 1. The Bertz CT molecular complexity index is 386. The van der Waals surface area contributed by atoms with Crippen molar-refractivity contribution in [1.82, 2.24) is 9.97 Å². The molecule has 0 spiro atoms. The summed E-state index contributed by atoms with van der Waals surface area (Å²) in [7, 11) is 0. The molecule has 0 saturated heterocycles. The summed E-state index contributed by atoms with van der Waals surface area (Å²) in [5.74, 6) is 1.02. The van der Waals surface area contributed by atoms with E-state index in [1.807, 2.05) is 0 Å². The average Bonchev–Trinajstić information content (AvgIpc) is 2.34. The Labute approximate surface area is 107 Å². The monoisotopic (exact) mass is 255 g/mol. The van der Waals surface area contributed by atoms with Gasteiger partial charge in [-0.25, -0.2) is 4.98 Å². The van der Waals surface area contributed by atoms with E-state index in [-0.39, 0.29) is 11.4 Å². The first-order valence-electron chi connectivity index (χ1n) is 6.15. The fourth-order valence-electron chi connectivity index (χ4n) is 2.39. The van der Waals surface area contributed by atoms with Crippen molar-refractivity contribution in [3.05, 3.63) is 11.5 Å². The Morgan fingerprint density at radius 2 is 2.24 bits per heavy atom. The molecule has 0 radical (unpaired) electrons. The number of halogens is 1. The Balaban J connectivity index is 2.10. The molecule has 0 aliphatic heterocycles. The molecule has 1 aliphatic carbocycles. The molecule has 4 nitrogen and oxygen atoms in total. The van der Waals surface area contributed by atoms with E-state index in [9.17, 15) is 0 Å². The van der Waals surface area contributed by atoms with Gasteiger partial charge >= 0.3 is 0 Å². The van der Waals surface area contributed by atoms with Crippen LogP contribution in [0, 0.1) is 5.92 Å². The van der Waals surface area contributed by atoms with Crippen LogP contribution in [-0.2, 0) is 0 Å². The van der Waals surface area contributed by atoms with Gasteiger partial charge in [0.2, 0.25) is 11.2 Å². The largest absolute Gasteiger partial charge is 0.472 e. The predicted molar refractivity (Wildman–Crippen MR) is 68.1 cm³/mol. The first-order chi connectivity index (χ1) is 8.20. The normalized spacial score (nSPS) is 24.6. The smallest absolute Gasteiger partial charge is 0.241 e. The first-order valence-corrected chi connectivity index (χ1v) is 6.53. The topological polar surface area (TPSA) is 61.0 Å². The van der Waals surface area contributed by atoms with Crippen molar-refractivity contribution in [2.45, 2.75) is 45.1 Å². The molecule has 5 heteroatoms. The first kappa shape index (κ1) is 12.4. The minimum Gasteiger partial charge on any atom is -0.472 e. The highest BCUT2D eigenvalue weighted by Gasteiger charge is 2.26. The summed E-state index contributed by atoms with van der Waals surface area (Å²) in [6.45, 7) is 2.20. The maximum Gasteiger partial charge on any atom is 0.241 e. The number of nitrogens with two attached hydrogens (primary N) is 1. The van der Waals surface area contributed by atoms with Gasteiger partial charge < -0.3 is 10.5 Å². The molecule has 2 unspecified atom stereocenters. The van der Waals surface area contributed by atoms with Gasteiger partial charge in [-0.1, -0.05) is 13.3 Å². The van der Waals surface area contributed by atoms with E-state index in [1.54, 1.807) is 0 Å². The van der Waals surface area contributed by atoms with Crippen molar-refractivity contribution in [2.24, 2.45) is 5.92 Å². The molecule has 94 valence electrons. The number of nitrogen functional groups attached to an aromatic ring is 1. The van der Waals surface area contributed by atoms with Crippen LogP contribution in [0.25, 0.3) is 0 Å². The van der Waals surface area contributed by atoms with Crippen LogP contribution in [0.15, 0.2) is 6.20 Å². The van der Waals surface area contributed by atoms with E-state index < -0.39 is 0 Å². The molecule has 17 heavy (non-hydrogen) atoms. The minimum atomic E-state index is 0.179. The molecule has 0 bridgehead atoms. The maximum atomic E-state index is 5.91. The second kappa shape index (κ2) is 5.54. The SMILES string of the molecule is CCC1CCCCC1Oc1nc(Cl)ncc1N. The van der Waals surface area contributed by atoms with Crippen LogP contribution in [-0.4, -0.2) is 16.1 Å². The molecule has 1 aromatic rings. The lowest BCUT2D eigenvalue weighted by Crippen LogP contribution is -2.30. The Morgan fingerprint density at radius 1 is 1.47 bits per heavy atom. The van der Waals surface area contributed by atoms with Crippen LogP contribution in [0.2, 0.25) is 5.28 Å². The second-order valence-electron chi connectivity index (χ2n) is 4.51.